The van der Waals surface area contributed by atoms with E-state index in [1.165, 1.54) is 13.2 Å². The van der Waals surface area contributed by atoms with Gasteiger partial charge >= 0.3 is 0 Å². The van der Waals surface area contributed by atoms with Crippen LogP contribution in [0.1, 0.15) is 23.9 Å². The number of aryl methyl sites for hydroxylation is 2. The van der Waals surface area contributed by atoms with Crippen LogP contribution < -0.4 is 9.47 Å². The van der Waals surface area contributed by atoms with Crippen LogP contribution in [0.4, 0.5) is 0 Å². The van der Waals surface area contributed by atoms with Gasteiger partial charge in [-0.1, -0.05) is 18.5 Å². The smallest absolute Gasteiger partial charge is 0.254 e. The van der Waals surface area contributed by atoms with Gasteiger partial charge in [0, 0.05) is 10.6 Å². The van der Waals surface area contributed by atoms with Gasteiger partial charge in [-0.2, -0.15) is 0 Å². The molecule has 0 saturated heterocycles. The predicted molar refractivity (Wildman–Crippen MR) is 97.8 cm³/mol. The molecule has 0 radical (unpaired) electrons. The van der Waals surface area contributed by atoms with E-state index in [-0.39, 0.29) is 12.4 Å². The number of phenolic OH excluding ortho intramolecular Hbond substituents is 1. The summed E-state index contributed by atoms with van der Waals surface area (Å²) in [6, 6.07) is 8.63. The van der Waals surface area contributed by atoms with E-state index in [2.05, 4.69) is 10.2 Å². The average molecular weight is 375 g/mol. The molecule has 1 heterocycles. The Morgan fingerprint density at radius 3 is 2.69 bits per heavy atom. The van der Waals surface area contributed by atoms with Crippen molar-refractivity contribution in [2.45, 2.75) is 26.9 Å². The maximum Gasteiger partial charge on any atom is 0.254 e. The highest BCUT2D eigenvalue weighted by molar-refractivity contribution is 6.31. The van der Waals surface area contributed by atoms with Gasteiger partial charge in [0.1, 0.15) is 5.75 Å². The molecule has 26 heavy (non-hydrogen) atoms. The van der Waals surface area contributed by atoms with Gasteiger partial charge in [0.25, 0.3) is 5.89 Å². The number of methoxy groups -OCH3 is 1. The largest absolute Gasteiger partial charge is 0.504 e. The van der Waals surface area contributed by atoms with Gasteiger partial charge in [-0.3, -0.25) is 0 Å². The number of ether oxygens (including phenoxy) is 2. The molecule has 0 amide bonds. The molecule has 1 N–H and O–H groups in total. The van der Waals surface area contributed by atoms with Crippen molar-refractivity contribution in [1.82, 2.24) is 10.2 Å². The lowest BCUT2D eigenvalue weighted by atomic mass is 10.1. The molecule has 136 valence electrons. The van der Waals surface area contributed by atoms with Crippen LogP contribution in [0.3, 0.4) is 0 Å². The van der Waals surface area contributed by atoms with Crippen LogP contribution in [0, 0.1) is 6.92 Å². The summed E-state index contributed by atoms with van der Waals surface area (Å²) < 4.78 is 16.6. The summed E-state index contributed by atoms with van der Waals surface area (Å²) in [5, 5.41) is 18.4. The Morgan fingerprint density at radius 1 is 1.15 bits per heavy atom. The number of hydrogen-bond acceptors (Lipinski definition) is 6. The lowest BCUT2D eigenvalue weighted by Gasteiger charge is -2.11. The van der Waals surface area contributed by atoms with Gasteiger partial charge < -0.3 is 19.0 Å². The SMILES string of the molecule is CCc1cc(Cl)c(C)cc1OCc1nnc(-c2ccc(O)c(OC)c2)o1. The lowest BCUT2D eigenvalue weighted by molar-refractivity contribution is 0.262. The third-order valence-electron chi connectivity index (χ3n) is 3.97. The highest BCUT2D eigenvalue weighted by atomic mass is 35.5. The number of nitrogens with zero attached hydrogens (tertiary/aromatic N) is 2. The zero-order valence-corrected chi connectivity index (χ0v) is 15.5. The summed E-state index contributed by atoms with van der Waals surface area (Å²) >= 11 is 6.16. The summed E-state index contributed by atoms with van der Waals surface area (Å²) in [6.45, 7) is 4.12. The number of halogens is 1. The fourth-order valence-corrected chi connectivity index (χ4v) is 2.67. The number of hydrogen-bond donors (Lipinski definition) is 1. The first-order valence-corrected chi connectivity index (χ1v) is 8.51. The van der Waals surface area contributed by atoms with Crippen molar-refractivity contribution in [2.24, 2.45) is 0 Å². The molecule has 0 fully saturated rings. The Morgan fingerprint density at radius 2 is 1.96 bits per heavy atom. The maximum atomic E-state index is 9.67. The number of benzene rings is 2. The van der Waals surface area contributed by atoms with Crippen molar-refractivity contribution in [2.75, 3.05) is 7.11 Å². The molecule has 0 bridgehead atoms. The molecule has 0 spiro atoms. The fourth-order valence-electron chi connectivity index (χ4n) is 2.49. The quantitative estimate of drug-likeness (QED) is 0.681. The van der Waals surface area contributed by atoms with E-state index in [4.69, 9.17) is 25.5 Å². The second-order valence-corrected chi connectivity index (χ2v) is 6.15. The van der Waals surface area contributed by atoms with Crippen molar-refractivity contribution in [3.63, 3.8) is 0 Å². The van der Waals surface area contributed by atoms with Crippen LogP contribution in [-0.2, 0) is 13.0 Å². The summed E-state index contributed by atoms with van der Waals surface area (Å²) in [5.74, 6) is 1.80. The van der Waals surface area contributed by atoms with Crippen LogP contribution in [-0.4, -0.2) is 22.4 Å². The van der Waals surface area contributed by atoms with Gasteiger partial charge in [-0.05, 0) is 54.8 Å². The molecule has 6 nitrogen and oxygen atoms in total. The van der Waals surface area contributed by atoms with Crippen molar-refractivity contribution in [3.05, 3.63) is 52.4 Å². The molecule has 3 rings (SSSR count). The minimum atomic E-state index is 0.0459. The van der Waals surface area contributed by atoms with E-state index in [1.807, 2.05) is 26.0 Å². The van der Waals surface area contributed by atoms with Gasteiger partial charge in [-0.25, -0.2) is 0 Å². The van der Waals surface area contributed by atoms with E-state index in [0.29, 0.717) is 23.1 Å². The molecule has 0 aliphatic heterocycles. The van der Waals surface area contributed by atoms with Crippen LogP contribution in [0.25, 0.3) is 11.5 Å². The lowest BCUT2D eigenvalue weighted by Crippen LogP contribution is -1.99. The number of aromatic nitrogens is 2. The topological polar surface area (TPSA) is 77.6 Å². The third kappa shape index (κ3) is 3.75. The van der Waals surface area contributed by atoms with Gasteiger partial charge in [0.15, 0.2) is 18.1 Å². The number of aromatic hydroxyl groups is 1. The molecular weight excluding hydrogens is 356 g/mol. The molecule has 2 aromatic carbocycles. The van der Waals surface area contributed by atoms with E-state index in [1.54, 1.807) is 12.1 Å². The summed E-state index contributed by atoms with van der Waals surface area (Å²) in [7, 11) is 1.48. The first-order chi connectivity index (χ1) is 12.5. The molecule has 3 aromatic rings. The first-order valence-electron chi connectivity index (χ1n) is 8.13. The van der Waals surface area contributed by atoms with E-state index in [9.17, 15) is 5.11 Å². The van der Waals surface area contributed by atoms with Crippen molar-refractivity contribution in [3.8, 4) is 28.7 Å². The Bertz CT molecular complexity index is 924. The Hall–Kier alpha value is -2.73. The molecule has 0 aliphatic carbocycles. The highest BCUT2D eigenvalue weighted by Gasteiger charge is 2.13. The minimum Gasteiger partial charge on any atom is -0.504 e. The molecule has 0 aliphatic rings. The van der Waals surface area contributed by atoms with E-state index in [0.717, 1.165) is 28.3 Å². The summed E-state index contributed by atoms with van der Waals surface area (Å²) in [4.78, 5) is 0. The molecule has 0 unspecified atom stereocenters. The highest BCUT2D eigenvalue weighted by Crippen LogP contribution is 2.31. The standard InChI is InChI=1S/C19H19ClN2O4/c1-4-12-8-14(20)11(2)7-16(12)25-10-18-21-22-19(26-18)13-5-6-15(23)17(9-13)24-3/h5-9,23H,4,10H2,1-3H3. The van der Waals surface area contributed by atoms with Gasteiger partial charge in [0.05, 0.1) is 7.11 Å². The third-order valence-corrected chi connectivity index (χ3v) is 4.37. The van der Waals surface area contributed by atoms with Crippen molar-refractivity contribution < 1.29 is 19.0 Å². The average Bonchev–Trinajstić information content (AvgIpc) is 3.11. The monoisotopic (exact) mass is 374 g/mol. The maximum absolute atomic E-state index is 9.67. The predicted octanol–water partition coefficient (Wildman–Crippen LogP) is 4.55. The number of phenols is 1. The fraction of sp³-hybridized carbons (Fsp3) is 0.263. The Labute approximate surface area is 156 Å². The van der Waals surface area contributed by atoms with Crippen LogP contribution in [0.2, 0.25) is 5.02 Å². The van der Waals surface area contributed by atoms with E-state index < -0.39 is 0 Å². The zero-order chi connectivity index (χ0) is 18.7. The summed E-state index contributed by atoms with van der Waals surface area (Å²) in [5.41, 5.74) is 2.61. The first kappa shape index (κ1) is 18.1. The number of rotatable bonds is 6. The van der Waals surface area contributed by atoms with Crippen molar-refractivity contribution in [1.29, 1.82) is 0 Å². The normalized spacial score (nSPS) is 10.8. The van der Waals surface area contributed by atoms with E-state index >= 15 is 0 Å². The molecule has 0 atom stereocenters. The molecule has 7 heteroatoms. The molecule has 0 saturated carbocycles. The van der Waals surface area contributed by atoms with Crippen LogP contribution >= 0.6 is 11.6 Å². The van der Waals surface area contributed by atoms with Crippen LogP contribution in [0.15, 0.2) is 34.7 Å². The Kier molecular flexibility index (Phi) is 5.32. The molecule has 1 aromatic heterocycles. The summed E-state index contributed by atoms with van der Waals surface area (Å²) in [6.07, 6.45) is 0.803. The second kappa shape index (κ2) is 7.66. The Balaban J connectivity index is 1.76. The van der Waals surface area contributed by atoms with Gasteiger partial charge in [0.2, 0.25) is 5.89 Å². The second-order valence-electron chi connectivity index (χ2n) is 5.74. The van der Waals surface area contributed by atoms with Gasteiger partial charge in [-0.15, -0.1) is 10.2 Å². The molecular formula is C19H19ClN2O4. The van der Waals surface area contributed by atoms with Crippen LogP contribution in [0.5, 0.6) is 17.2 Å². The van der Waals surface area contributed by atoms with Crippen molar-refractivity contribution >= 4 is 11.6 Å². The minimum absolute atomic E-state index is 0.0459. The zero-order valence-electron chi connectivity index (χ0n) is 14.7.